The fourth-order valence-electron chi connectivity index (χ4n) is 2.93. The summed E-state index contributed by atoms with van der Waals surface area (Å²) in [5, 5.41) is 3.40. The van der Waals surface area contributed by atoms with Gasteiger partial charge in [0.15, 0.2) is 0 Å². The molecule has 2 heteroatoms. The van der Waals surface area contributed by atoms with Crippen molar-refractivity contribution in [2.75, 3.05) is 6.54 Å². The second kappa shape index (κ2) is 6.95. The number of para-hydroxylation sites is 1. The van der Waals surface area contributed by atoms with Crippen molar-refractivity contribution in [3.05, 3.63) is 29.3 Å². The van der Waals surface area contributed by atoms with Crippen molar-refractivity contribution in [2.24, 2.45) is 5.92 Å². The Hall–Kier alpha value is -1.02. The molecule has 1 fully saturated rings. The zero-order valence-electron chi connectivity index (χ0n) is 12.5. The number of benzene rings is 1. The minimum absolute atomic E-state index is 0.408. The van der Waals surface area contributed by atoms with Gasteiger partial charge in [0.05, 0.1) is 6.10 Å². The van der Waals surface area contributed by atoms with Crippen LogP contribution in [0.2, 0.25) is 0 Å². The average molecular weight is 261 g/mol. The molecular formula is C17H27NO. The maximum absolute atomic E-state index is 6.34. The SMILES string of the molecule is CCNCc1cccc(C)c1OC1CCCC(C)C1. The molecule has 0 spiro atoms. The fourth-order valence-corrected chi connectivity index (χ4v) is 2.93. The number of aryl methyl sites for hydroxylation is 1. The lowest BCUT2D eigenvalue weighted by atomic mass is 9.88. The van der Waals surface area contributed by atoms with Crippen LogP contribution in [-0.2, 0) is 6.54 Å². The highest BCUT2D eigenvalue weighted by atomic mass is 16.5. The average Bonchev–Trinajstić information content (AvgIpc) is 2.39. The molecule has 2 atom stereocenters. The Balaban J connectivity index is 2.09. The zero-order chi connectivity index (χ0) is 13.7. The van der Waals surface area contributed by atoms with Gasteiger partial charge in [-0.05, 0) is 44.2 Å². The van der Waals surface area contributed by atoms with E-state index in [4.69, 9.17) is 4.74 Å². The molecule has 0 bridgehead atoms. The molecule has 0 saturated heterocycles. The summed E-state index contributed by atoms with van der Waals surface area (Å²) in [6.45, 7) is 8.52. The van der Waals surface area contributed by atoms with Gasteiger partial charge in [0, 0.05) is 12.1 Å². The topological polar surface area (TPSA) is 21.3 Å². The van der Waals surface area contributed by atoms with Gasteiger partial charge in [-0.3, -0.25) is 0 Å². The Kier molecular flexibility index (Phi) is 5.26. The largest absolute Gasteiger partial charge is 0.490 e. The van der Waals surface area contributed by atoms with Gasteiger partial charge >= 0.3 is 0 Å². The van der Waals surface area contributed by atoms with Crippen LogP contribution >= 0.6 is 0 Å². The van der Waals surface area contributed by atoms with Gasteiger partial charge in [0.2, 0.25) is 0 Å². The standard InChI is InChI=1S/C17H27NO/c1-4-18-12-15-9-6-8-14(3)17(15)19-16-10-5-7-13(2)11-16/h6,8-9,13,16,18H,4-5,7,10-12H2,1-3H3. The Morgan fingerprint density at radius 2 is 2.16 bits per heavy atom. The monoisotopic (exact) mass is 261 g/mol. The molecule has 1 aromatic rings. The maximum atomic E-state index is 6.34. The molecule has 1 saturated carbocycles. The molecule has 0 aromatic heterocycles. The second-order valence-electron chi connectivity index (χ2n) is 5.86. The Labute approximate surface area is 117 Å². The lowest BCUT2D eigenvalue weighted by Gasteiger charge is -2.29. The van der Waals surface area contributed by atoms with Gasteiger partial charge in [0.25, 0.3) is 0 Å². The summed E-state index contributed by atoms with van der Waals surface area (Å²) < 4.78 is 6.34. The van der Waals surface area contributed by atoms with Gasteiger partial charge in [-0.25, -0.2) is 0 Å². The van der Waals surface area contributed by atoms with E-state index in [2.05, 4.69) is 44.3 Å². The van der Waals surface area contributed by atoms with Crippen LogP contribution in [0.25, 0.3) is 0 Å². The van der Waals surface area contributed by atoms with Crippen molar-refractivity contribution in [2.45, 2.75) is 59.1 Å². The Bertz CT molecular complexity index is 402. The lowest BCUT2D eigenvalue weighted by Crippen LogP contribution is -2.25. The van der Waals surface area contributed by atoms with Gasteiger partial charge in [0.1, 0.15) is 5.75 Å². The van der Waals surface area contributed by atoms with Gasteiger partial charge in [-0.2, -0.15) is 0 Å². The highest BCUT2D eigenvalue weighted by molar-refractivity contribution is 5.40. The van der Waals surface area contributed by atoms with Gasteiger partial charge in [-0.1, -0.05) is 38.5 Å². The summed E-state index contributed by atoms with van der Waals surface area (Å²) >= 11 is 0. The molecule has 1 aromatic carbocycles. The molecule has 1 aliphatic carbocycles. The van der Waals surface area contributed by atoms with Crippen LogP contribution in [0.1, 0.15) is 50.7 Å². The molecule has 1 aliphatic rings. The van der Waals surface area contributed by atoms with Crippen molar-refractivity contribution < 1.29 is 4.74 Å². The number of hydrogen-bond donors (Lipinski definition) is 1. The summed E-state index contributed by atoms with van der Waals surface area (Å²) in [4.78, 5) is 0. The molecule has 106 valence electrons. The molecule has 0 amide bonds. The van der Waals surface area contributed by atoms with Crippen molar-refractivity contribution in [3.63, 3.8) is 0 Å². The van der Waals surface area contributed by atoms with Crippen LogP contribution in [0, 0.1) is 12.8 Å². The maximum Gasteiger partial charge on any atom is 0.127 e. The third-order valence-electron chi connectivity index (χ3n) is 4.03. The van der Waals surface area contributed by atoms with Crippen LogP contribution < -0.4 is 10.1 Å². The Morgan fingerprint density at radius 1 is 1.32 bits per heavy atom. The fraction of sp³-hybridized carbons (Fsp3) is 0.647. The van der Waals surface area contributed by atoms with Crippen molar-refractivity contribution >= 4 is 0 Å². The first-order chi connectivity index (χ1) is 9.20. The van der Waals surface area contributed by atoms with E-state index < -0.39 is 0 Å². The Morgan fingerprint density at radius 3 is 2.89 bits per heavy atom. The molecule has 2 rings (SSSR count). The van der Waals surface area contributed by atoms with Crippen LogP contribution in [0.15, 0.2) is 18.2 Å². The van der Waals surface area contributed by atoms with E-state index in [1.165, 1.54) is 36.8 Å². The highest BCUT2D eigenvalue weighted by Crippen LogP contribution is 2.31. The van der Waals surface area contributed by atoms with Crippen molar-refractivity contribution in [1.82, 2.24) is 5.32 Å². The molecule has 0 aliphatic heterocycles. The summed E-state index contributed by atoms with van der Waals surface area (Å²) in [6, 6.07) is 6.45. The quantitative estimate of drug-likeness (QED) is 0.863. The molecule has 0 radical (unpaired) electrons. The van der Waals surface area contributed by atoms with Crippen LogP contribution in [-0.4, -0.2) is 12.6 Å². The number of hydrogen-bond acceptors (Lipinski definition) is 2. The van der Waals surface area contributed by atoms with E-state index in [-0.39, 0.29) is 0 Å². The zero-order valence-corrected chi connectivity index (χ0v) is 12.5. The minimum atomic E-state index is 0.408. The first kappa shape index (κ1) is 14.4. The second-order valence-corrected chi connectivity index (χ2v) is 5.86. The molecule has 2 nitrogen and oxygen atoms in total. The van der Waals surface area contributed by atoms with E-state index in [1.807, 2.05) is 0 Å². The third kappa shape index (κ3) is 3.97. The summed E-state index contributed by atoms with van der Waals surface area (Å²) in [7, 11) is 0. The predicted octanol–water partition coefficient (Wildman–Crippen LogP) is 4.06. The van der Waals surface area contributed by atoms with Crippen LogP contribution in [0.3, 0.4) is 0 Å². The minimum Gasteiger partial charge on any atom is -0.490 e. The van der Waals surface area contributed by atoms with Crippen LogP contribution in [0.4, 0.5) is 0 Å². The first-order valence-corrected chi connectivity index (χ1v) is 7.66. The molecular weight excluding hydrogens is 234 g/mol. The van der Waals surface area contributed by atoms with Gasteiger partial charge in [-0.15, -0.1) is 0 Å². The normalized spacial score (nSPS) is 23.3. The molecule has 19 heavy (non-hydrogen) atoms. The molecule has 0 heterocycles. The smallest absolute Gasteiger partial charge is 0.127 e. The number of rotatable bonds is 5. The number of ether oxygens (including phenoxy) is 1. The van der Waals surface area contributed by atoms with Crippen molar-refractivity contribution in [1.29, 1.82) is 0 Å². The van der Waals surface area contributed by atoms with E-state index in [0.717, 1.165) is 24.8 Å². The first-order valence-electron chi connectivity index (χ1n) is 7.66. The predicted molar refractivity (Wildman–Crippen MR) is 80.6 cm³/mol. The van der Waals surface area contributed by atoms with E-state index >= 15 is 0 Å². The summed E-state index contributed by atoms with van der Waals surface area (Å²) in [6.07, 6.45) is 5.48. The van der Waals surface area contributed by atoms with E-state index in [1.54, 1.807) is 0 Å². The number of nitrogens with one attached hydrogen (secondary N) is 1. The molecule has 1 N–H and O–H groups in total. The summed E-state index contributed by atoms with van der Waals surface area (Å²) in [5.41, 5.74) is 2.55. The van der Waals surface area contributed by atoms with Crippen molar-refractivity contribution in [3.8, 4) is 5.75 Å². The van der Waals surface area contributed by atoms with Gasteiger partial charge < -0.3 is 10.1 Å². The molecule has 2 unspecified atom stereocenters. The van der Waals surface area contributed by atoms with Crippen LogP contribution in [0.5, 0.6) is 5.75 Å². The summed E-state index contributed by atoms with van der Waals surface area (Å²) in [5.74, 6) is 1.92. The lowest BCUT2D eigenvalue weighted by molar-refractivity contribution is 0.127. The van der Waals surface area contributed by atoms with E-state index in [0.29, 0.717) is 6.10 Å². The third-order valence-corrected chi connectivity index (χ3v) is 4.03. The van der Waals surface area contributed by atoms with E-state index in [9.17, 15) is 0 Å². The highest BCUT2D eigenvalue weighted by Gasteiger charge is 2.21.